The predicted octanol–water partition coefficient (Wildman–Crippen LogP) is 2.79. The van der Waals surface area contributed by atoms with E-state index >= 15 is 0 Å². The first-order valence-electron chi connectivity index (χ1n) is 8.27. The Bertz CT molecular complexity index is 624. The number of hydrogen-bond donors (Lipinski definition) is 1. The molecule has 0 amide bonds. The molecule has 1 saturated heterocycles. The van der Waals surface area contributed by atoms with Crippen LogP contribution >= 0.6 is 23.7 Å². The number of hydrogen-bond acceptors (Lipinski definition) is 7. The molecule has 134 valence electrons. The average molecular weight is 372 g/mol. The number of thiazole rings is 1. The van der Waals surface area contributed by atoms with E-state index in [9.17, 15) is 0 Å². The van der Waals surface area contributed by atoms with E-state index in [0.29, 0.717) is 12.0 Å². The van der Waals surface area contributed by atoms with Gasteiger partial charge in [0.05, 0.1) is 10.7 Å². The topological polar surface area (TPSA) is 67.1 Å². The first kappa shape index (κ1) is 19.3. The van der Waals surface area contributed by atoms with Crippen molar-refractivity contribution in [3.05, 3.63) is 27.8 Å². The lowest BCUT2D eigenvalue weighted by Crippen LogP contribution is -2.32. The van der Waals surface area contributed by atoms with Crippen LogP contribution in [0.3, 0.4) is 0 Å². The number of piperidine rings is 1. The van der Waals surface area contributed by atoms with Gasteiger partial charge >= 0.3 is 0 Å². The zero-order valence-electron chi connectivity index (χ0n) is 14.5. The van der Waals surface area contributed by atoms with E-state index in [2.05, 4.69) is 44.6 Å². The lowest BCUT2D eigenvalue weighted by atomic mass is 9.96. The van der Waals surface area contributed by atoms with Crippen LogP contribution < -0.4 is 5.32 Å². The van der Waals surface area contributed by atoms with E-state index in [4.69, 9.17) is 4.52 Å². The molecule has 0 aromatic carbocycles. The van der Waals surface area contributed by atoms with Gasteiger partial charge in [-0.15, -0.1) is 23.7 Å². The molecule has 2 aromatic heterocycles. The molecule has 1 aliphatic heterocycles. The molecule has 1 aliphatic rings. The van der Waals surface area contributed by atoms with Gasteiger partial charge in [0.1, 0.15) is 0 Å². The van der Waals surface area contributed by atoms with Gasteiger partial charge in [0.2, 0.25) is 5.89 Å². The molecule has 3 heterocycles. The van der Waals surface area contributed by atoms with Gasteiger partial charge in [0.25, 0.3) is 0 Å². The summed E-state index contributed by atoms with van der Waals surface area (Å²) in [6.45, 7) is 7.25. The Morgan fingerprint density at radius 2 is 2.12 bits per heavy atom. The molecule has 0 radical (unpaired) electrons. The van der Waals surface area contributed by atoms with E-state index in [0.717, 1.165) is 55.6 Å². The molecule has 0 saturated carbocycles. The maximum Gasteiger partial charge on any atom is 0.229 e. The van der Waals surface area contributed by atoms with Crippen LogP contribution in [-0.4, -0.2) is 46.2 Å². The van der Waals surface area contributed by atoms with Gasteiger partial charge in [0, 0.05) is 30.3 Å². The fourth-order valence-corrected chi connectivity index (χ4v) is 3.54. The van der Waals surface area contributed by atoms with Gasteiger partial charge in [-0.3, -0.25) is 4.90 Å². The summed E-state index contributed by atoms with van der Waals surface area (Å²) in [5.41, 5.74) is 1.19. The van der Waals surface area contributed by atoms with Gasteiger partial charge in [-0.05, 0) is 46.8 Å². The van der Waals surface area contributed by atoms with Crippen molar-refractivity contribution in [2.75, 3.05) is 20.1 Å². The third-order valence-corrected chi connectivity index (χ3v) is 5.28. The third-order valence-electron chi connectivity index (χ3n) is 4.45. The van der Waals surface area contributed by atoms with Crippen LogP contribution in [0, 0.1) is 6.92 Å². The Morgan fingerprint density at radius 1 is 1.38 bits per heavy atom. The SMILES string of the molecule is CNC(C)Cc1noc(C2CCN(Cc3csc(C)n3)CC2)n1.Cl. The Labute approximate surface area is 153 Å². The summed E-state index contributed by atoms with van der Waals surface area (Å²) >= 11 is 1.72. The minimum Gasteiger partial charge on any atom is -0.339 e. The summed E-state index contributed by atoms with van der Waals surface area (Å²) in [4.78, 5) is 11.6. The number of nitrogens with zero attached hydrogens (tertiary/aromatic N) is 4. The third kappa shape index (κ3) is 4.99. The Kier molecular flexibility index (Phi) is 7.16. The molecule has 0 spiro atoms. The second kappa shape index (κ2) is 8.89. The first-order valence-corrected chi connectivity index (χ1v) is 9.15. The highest BCUT2D eigenvalue weighted by atomic mass is 35.5. The maximum atomic E-state index is 5.49. The summed E-state index contributed by atoms with van der Waals surface area (Å²) in [6.07, 6.45) is 2.96. The van der Waals surface area contributed by atoms with Crippen LogP contribution in [0.1, 0.15) is 48.1 Å². The predicted molar refractivity (Wildman–Crippen MR) is 97.9 cm³/mol. The maximum absolute atomic E-state index is 5.49. The van der Waals surface area contributed by atoms with Crippen molar-refractivity contribution in [2.24, 2.45) is 0 Å². The zero-order chi connectivity index (χ0) is 16.2. The van der Waals surface area contributed by atoms with Gasteiger partial charge in [0.15, 0.2) is 5.82 Å². The highest BCUT2D eigenvalue weighted by molar-refractivity contribution is 7.09. The first-order chi connectivity index (χ1) is 11.1. The van der Waals surface area contributed by atoms with Crippen molar-refractivity contribution in [1.29, 1.82) is 0 Å². The monoisotopic (exact) mass is 371 g/mol. The molecule has 0 bridgehead atoms. The summed E-state index contributed by atoms with van der Waals surface area (Å²) in [5, 5.41) is 10.6. The van der Waals surface area contributed by atoms with Gasteiger partial charge < -0.3 is 9.84 Å². The van der Waals surface area contributed by atoms with Gasteiger partial charge in [-0.2, -0.15) is 4.98 Å². The van der Waals surface area contributed by atoms with Gasteiger partial charge in [-0.1, -0.05) is 5.16 Å². The normalized spacial score (nSPS) is 17.6. The molecule has 1 N–H and O–H groups in total. The van der Waals surface area contributed by atoms with Crippen molar-refractivity contribution < 1.29 is 4.52 Å². The molecule has 1 unspecified atom stereocenters. The van der Waals surface area contributed by atoms with Crippen LogP contribution in [0.4, 0.5) is 0 Å². The number of halogens is 1. The molecule has 6 nitrogen and oxygen atoms in total. The van der Waals surface area contributed by atoms with E-state index in [1.807, 2.05) is 7.05 Å². The summed E-state index contributed by atoms with van der Waals surface area (Å²) in [6, 6.07) is 0.365. The molecule has 1 atom stereocenters. The Morgan fingerprint density at radius 3 is 2.75 bits per heavy atom. The smallest absolute Gasteiger partial charge is 0.229 e. The van der Waals surface area contributed by atoms with E-state index in [-0.39, 0.29) is 12.4 Å². The van der Waals surface area contributed by atoms with Crippen molar-refractivity contribution in [1.82, 2.24) is 25.3 Å². The Balaban J connectivity index is 0.00000208. The van der Waals surface area contributed by atoms with Crippen molar-refractivity contribution in [3.8, 4) is 0 Å². The number of aromatic nitrogens is 3. The minimum absolute atomic E-state index is 0. The molecular weight excluding hydrogens is 346 g/mol. The summed E-state index contributed by atoms with van der Waals surface area (Å²) in [7, 11) is 1.95. The fraction of sp³-hybridized carbons (Fsp3) is 0.688. The molecule has 2 aromatic rings. The highest BCUT2D eigenvalue weighted by Crippen LogP contribution is 2.27. The number of aryl methyl sites for hydroxylation is 1. The van der Waals surface area contributed by atoms with E-state index in [1.165, 1.54) is 5.69 Å². The number of likely N-dealkylation sites (tertiary alicyclic amines) is 1. The van der Waals surface area contributed by atoms with Crippen LogP contribution in [0.2, 0.25) is 0 Å². The van der Waals surface area contributed by atoms with Crippen LogP contribution in [0.25, 0.3) is 0 Å². The standard InChI is InChI=1S/C16H25N5OS.ClH/c1-11(17-3)8-15-19-16(22-20-15)13-4-6-21(7-5-13)9-14-10-23-12(2)18-14;/h10-11,13,17H,4-9H2,1-3H3;1H. The van der Waals surface area contributed by atoms with Crippen LogP contribution in [-0.2, 0) is 13.0 Å². The molecule has 8 heteroatoms. The van der Waals surface area contributed by atoms with E-state index < -0.39 is 0 Å². The van der Waals surface area contributed by atoms with Crippen LogP contribution in [0.15, 0.2) is 9.90 Å². The summed E-state index contributed by atoms with van der Waals surface area (Å²) in [5.74, 6) is 2.02. The largest absolute Gasteiger partial charge is 0.339 e. The number of nitrogens with one attached hydrogen (secondary N) is 1. The molecule has 3 rings (SSSR count). The molecular formula is C16H26ClN5OS. The molecule has 24 heavy (non-hydrogen) atoms. The molecule has 1 fully saturated rings. The minimum atomic E-state index is 0. The average Bonchev–Trinajstić information content (AvgIpc) is 3.17. The quantitative estimate of drug-likeness (QED) is 0.842. The Hall–Kier alpha value is -1.02. The fourth-order valence-electron chi connectivity index (χ4n) is 2.94. The van der Waals surface area contributed by atoms with Gasteiger partial charge in [-0.25, -0.2) is 4.98 Å². The number of likely N-dealkylation sites (N-methyl/N-ethyl adjacent to an activating group) is 1. The van der Waals surface area contributed by atoms with Crippen molar-refractivity contribution >= 4 is 23.7 Å². The number of rotatable bonds is 6. The highest BCUT2D eigenvalue weighted by Gasteiger charge is 2.25. The second-order valence-electron chi connectivity index (χ2n) is 6.35. The molecule has 0 aliphatic carbocycles. The lowest BCUT2D eigenvalue weighted by molar-refractivity contribution is 0.186. The zero-order valence-corrected chi connectivity index (χ0v) is 16.1. The van der Waals surface area contributed by atoms with Crippen molar-refractivity contribution in [3.63, 3.8) is 0 Å². The summed E-state index contributed by atoms with van der Waals surface area (Å²) < 4.78 is 5.49. The van der Waals surface area contributed by atoms with Crippen LogP contribution in [0.5, 0.6) is 0 Å². The second-order valence-corrected chi connectivity index (χ2v) is 7.41. The van der Waals surface area contributed by atoms with E-state index in [1.54, 1.807) is 11.3 Å². The lowest BCUT2D eigenvalue weighted by Gasteiger charge is -2.29. The van der Waals surface area contributed by atoms with Crippen molar-refractivity contribution in [2.45, 2.75) is 51.6 Å².